The Morgan fingerprint density at radius 2 is 2.15 bits per heavy atom. The lowest BCUT2D eigenvalue weighted by Gasteiger charge is -2.32. The van der Waals surface area contributed by atoms with Gasteiger partial charge in [0.1, 0.15) is 0 Å². The minimum absolute atomic E-state index is 0.100. The Hall–Kier alpha value is -1.84. The third-order valence-corrected chi connectivity index (χ3v) is 4.89. The molecule has 0 unspecified atom stereocenters. The quantitative estimate of drug-likeness (QED) is 0.798. The van der Waals surface area contributed by atoms with Gasteiger partial charge in [0.15, 0.2) is 5.69 Å². The summed E-state index contributed by atoms with van der Waals surface area (Å²) in [4.78, 5) is 19.2. The Balaban J connectivity index is 1.71. The number of pyridine rings is 1. The lowest BCUT2D eigenvalue weighted by Crippen LogP contribution is -2.41. The first kappa shape index (κ1) is 11.9. The highest BCUT2D eigenvalue weighted by Gasteiger charge is 2.46. The summed E-state index contributed by atoms with van der Waals surface area (Å²) in [7, 11) is 1.97. The maximum atomic E-state index is 12.8. The van der Waals surface area contributed by atoms with Gasteiger partial charge in [-0.2, -0.15) is 0 Å². The van der Waals surface area contributed by atoms with Crippen LogP contribution >= 0.6 is 0 Å². The molecule has 1 spiro atoms. The first-order valence-corrected chi connectivity index (χ1v) is 7.38. The second kappa shape index (κ2) is 4.08. The number of rotatable bonds is 1. The number of hydrogen-bond acceptors (Lipinski definition) is 2. The maximum absolute atomic E-state index is 12.8. The van der Waals surface area contributed by atoms with Crippen molar-refractivity contribution < 1.29 is 4.79 Å². The van der Waals surface area contributed by atoms with Crippen LogP contribution in [0.1, 0.15) is 36.2 Å². The summed E-state index contributed by atoms with van der Waals surface area (Å²) in [6.07, 6.45) is 8.73. The van der Waals surface area contributed by atoms with Gasteiger partial charge >= 0.3 is 0 Å². The molecule has 3 heterocycles. The lowest BCUT2D eigenvalue weighted by molar-refractivity contribution is 0.0650. The van der Waals surface area contributed by atoms with Crippen molar-refractivity contribution in [3.63, 3.8) is 0 Å². The standard InChI is InChI=1S/C16H19N3O/c1-18-10-4-12-3-8-17-13(14(12)18)15(20)19-9-2-5-16(11-19)6-7-16/h3-4,8,10H,2,5-7,9,11H2,1H3. The molecule has 104 valence electrons. The van der Waals surface area contributed by atoms with Crippen molar-refractivity contribution in [3.8, 4) is 0 Å². The van der Waals surface area contributed by atoms with Crippen LogP contribution in [0.25, 0.3) is 10.9 Å². The van der Waals surface area contributed by atoms with Gasteiger partial charge in [0, 0.05) is 37.9 Å². The number of aromatic nitrogens is 2. The highest BCUT2D eigenvalue weighted by atomic mass is 16.2. The molecule has 0 bridgehead atoms. The number of likely N-dealkylation sites (tertiary alicyclic amines) is 1. The molecule has 4 heteroatoms. The molecule has 1 aliphatic carbocycles. The topological polar surface area (TPSA) is 38.1 Å². The van der Waals surface area contributed by atoms with Crippen LogP contribution in [0.15, 0.2) is 24.5 Å². The van der Waals surface area contributed by atoms with Gasteiger partial charge in [-0.1, -0.05) is 0 Å². The van der Waals surface area contributed by atoms with E-state index in [2.05, 4.69) is 4.98 Å². The molecule has 2 aromatic heterocycles. The fourth-order valence-corrected chi connectivity index (χ4v) is 3.51. The van der Waals surface area contributed by atoms with Crippen LogP contribution < -0.4 is 0 Å². The number of hydrogen-bond donors (Lipinski definition) is 0. The first-order chi connectivity index (χ1) is 9.69. The maximum Gasteiger partial charge on any atom is 0.274 e. The molecular formula is C16H19N3O. The number of carbonyl (C=O) groups is 1. The van der Waals surface area contributed by atoms with E-state index in [1.165, 1.54) is 19.3 Å². The average Bonchev–Trinajstić information content (AvgIpc) is 3.10. The van der Waals surface area contributed by atoms with E-state index >= 15 is 0 Å². The lowest BCUT2D eigenvalue weighted by atomic mass is 9.95. The van der Waals surface area contributed by atoms with Crippen LogP contribution in [0.5, 0.6) is 0 Å². The Morgan fingerprint density at radius 1 is 1.30 bits per heavy atom. The highest BCUT2D eigenvalue weighted by molar-refractivity contribution is 6.04. The number of piperidine rings is 1. The fraction of sp³-hybridized carbons (Fsp3) is 0.500. The molecular weight excluding hydrogens is 250 g/mol. The molecule has 2 fully saturated rings. The fourth-order valence-electron chi connectivity index (χ4n) is 3.51. The van der Waals surface area contributed by atoms with Gasteiger partial charge in [0.05, 0.1) is 5.52 Å². The largest absolute Gasteiger partial charge is 0.349 e. The molecule has 1 saturated carbocycles. The molecule has 2 aromatic rings. The minimum Gasteiger partial charge on any atom is -0.349 e. The van der Waals surface area contributed by atoms with Gasteiger partial charge < -0.3 is 9.47 Å². The molecule has 20 heavy (non-hydrogen) atoms. The van der Waals surface area contributed by atoms with Gasteiger partial charge in [-0.25, -0.2) is 4.98 Å². The zero-order valence-corrected chi connectivity index (χ0v) is 11.8. The highest BCUT2D eigenvalue weighted by Crippen LogP contribution is 2.52. The summed E-state index contributed by atoms with van der Waals surface area (Å²) in [5, 5.41) is 1.09. The van der Waals surface area contributed by atoms with Crippen molar-refractivity contribution >= 4 is 16.8 Å². The summed E-state index contributed by atoms with van der Waals surface area (Å²) in [6.45, 7) is 1.80. The summed E-state index contributed by atoms with van der Waals surface area (Å²) in [5.41, 5.74) is 2.01. The monoisotopic (exact) mass is 269 g/mol. The number of fused-ring (bicyclic) bond motifs is 1. The van der Waals surface area contributed by atoms with Crippen LogP contribution in [0.2, 0.25) is 0 Å². The van der Waals surface area contributed by atoms with Crippen LogP contribution in [0, 0.1) is 5.41 Å². The summed E-state index contributed by atoms with van der Waals surface area (Å²) >= 11 is 0. The van der Waals surface area contributed by atoms with Crippen LogP contribution in [0.4, 0.5) is 0 Å². The Morgan fingerprint density at radius 3 is 2.95 bits per heavy atom. The second-order valence-corrected chi connectivity index (χ2v) is 6.35. The van der Waals surface area contributed by atoms with E-state index in [-0.39, 0.29) is 5.91 Å². The Bertz CT molecular complexity index is 684. The molecule has 4 rings (SSSR count). The smallest absolute Gasteiger partial charge is 0.274 e. The molecule has 1 amide bonds. The summed E-state index contributed by atoms with van der Waals surface area (Å²) < 4.78 is 1.99. The van der Waals surface area contributed by atoms with Gasteiger partial charge in [-0.05, 0) is 43.2 Å². The van der Waals surface area contributed by atoms with Gasteiger partial charge in [-0.3, -0.25) is 4.79 Å². The Labute approximate surface area is 118 Å². The van der Waals surface area contributed by atoms with E-state index in [9.17, 15) is 4.79 Å². The first-order valence-electron chi connectivity index (χ1n) is 7.38. The summed E-state index contributed by atoms with van der Waals surface area (Å²) in [5.74, 6) is 0.100. The molecule has 0 radical (unpaired) electrons. The average molecular weight is 269 g/mol. The van der Waals surface area contributed by atoms with Crippen molar-refractivity contribution in [1.29, 1.82) is 0 Å². The van der Waals surface area contributed by atoms with E-state index in [1.54, 1.807) is 6.20 Å². The predicted molar refractivity (Wildman–Crippen MR) is 77.5 cm³/mol. The van der Waals surface area contributed by atoms with Gasteiger partial charge in [-0.15, -0.1) is 0 Å². The third-order valence-electron chi connectivity index (χ3n) is 4.89. The van der Waals surface area contributed by atoms with Crippen molar-refractivity contribution in [2.75, 3.05) is 13.1 Å². The van der Waals surface area contributed by atoms with Crippen molar-refractivity contribution in [2.45, 2.75) is 25.7 Å². The number of nitrogens with zero attached hydrogens (tertiary/aromatic N) is 3. The van der Waals surface area contributed by atoms with Crippen molar-refractivity contribution in [1.82, 2.24) is 14.5 Å². The van der Waals surface area contributed by atoms with E-state index in [1.807, 2.05) is 34.8 Å². The van der Waals surface area contributed by atoms with Crippen molar-refractivity contribution in [3.05, 3.63) is 30.2 Å². The van der Waals surface area contributed by atoms with E-state index in [4.69, 9.17) is 0 Å². The molecule has 0 atom stereocenters. The van der Waals surface area contributed by atoms with Crippen LogP contribution in [-0.2, 0) is 7.05 Å². The number of aryl methyl sites for hydroxylation is 1. The molecule has 1 aliphatic heterocycles. The number of carbonyl (C=O) groups excluding carboxylic acids is 1. The minimum atomic E-state index is 0.100. The molecule has 0 N–H and O–H groups in total. The van der Waals surface area contributed by atoms with E-state index < -0.39 is 0 Å². The van der Waals surface area contributed by atoms with Gasteiger partial charge in [0.2, 0.25) is 0 Å². The SMILES string of the molecule is Cn1ccc2ccnc(C(=O)N3CCCC4(CC4)C3)c21. The Kier molecular flexibility index (Phi) is 2.43. The van der Waals surface area contributed by atoms with E-state index in [0.717, 1.165) is 30.4 Å². The molecule has 0 aromatic carbocycles. The predicted octanol–water partition coefficient (Wildman–Crippen LogP) is 2.59. The second-order valence-electron chi connectivity index (χ2n) is 6.35. The van der Waals surface area contributed by atoms with Crippen molar-refractivity contribution in [2.24, 2.45) is 12.5 Å². The summed E-state index contributed by atoms with van der Waals surface area (Å²) in [6, 6.07) is 4.00. The zero-order chi connectivity index (χ0) is 13.7. The van der Waals surface area contributed by atoms with Gasteiger partial charge in [0.25, 0.3) is 5.91 Å². The number of amides is 1. The van der Waals surface area contributed by atoms with E-state index in [0.29, 0.717) is 11.1 Å². The third kappa shape index (κ3) is 1.74. The molecule has 1 saturated heterocycles. The molecule has 4 nitrogen and oxygen atoms in total. The molecule has 2 aliphatic rings. The zero-order valence-electron chi connectivity index (χ0n) is 11.8. The van der Waals surface area contributed by atoms with Crippen LogP contribution in [-0.4, -0.2) is 33.4 Å². The normalized spacial score (nSPS) is 20.6. The van der Waals surface area contributed by atoms with Crippen LogP contribution in [0.3, 0.4) is 0 Å².